The van der Waals surface area contributed by atoms with Gasteiger partial charge in [0.25, 0.3) is 5.78 Å². The monoisotopic (exact) mass is 551 g/mol. The van der Waals surface area contributed by atoms with Crippen LogP contribution < -0.4 is 9.64 Å². The van der Waals surface area contributed by atoms with Crippen molar-refractivity contribution in [3.8, 4) is 5.75 Å². The summed E-state index contributed by atoms with van der Waals surface area (Å²) in [6, 6.07) is 18.0. The standard InChI is InChI=1S/C34H37N3O4/c1-19(2)18-41-27-15-11-23(17-21(27)4)30(38)28-29(22-9-12-24(13-10-22)34(5,6)7)37(32(40)31(28)39)33-35-25-14-8-20(3)16-26(25)36-33/h8-17,19,29,38H,18H2,1-7H3,(H,35,36)/b30-28+. The molecule has 1 aromatic heterocycles. The normalized spacial score (nSPS) is 17.2. The van der Waals surface area contributed by atoms with Crippen LogP contribution in [0.2, 0.25) is 0 Å². The lowest BCUT2D eigenvalue weighted by Crippen LogP contribution is -2.30. The largest absolute Gasteiger partial charge is 0.507 e. The minimum absolute atomic E-state index is 0.0189. The number of aromatic nitrogens is 2. The number of carbonyl (C=O) groups excluding carboxylic acids is 2. The van der Waals surface area contributed by atoms with Crippen molar-refractivity contribution >= 4 is 34.4 Å². The Kier molecular flexibility index (Phi) is 7.24. The summed E-state index contributed by atoms with van der Waals surface area (Å²) in [5.41, 5.74) is 5.50. The number of benzene rings is 3. The van der Waals surface area contributed by atoms with Crippen LogP contribution in [0.3, 0.4) is 0 Å². The fourth-order valence-corrected chi connectivity index (χ4v) is 5.13. The molecule has 1 aliphatic heterocycles. The molecular weight excluding hydrogens is 514 g/mol. The number of aliphatic hydroxyl groups excluding tert-OH is 1. The summed E-state index contributed by atoms with van der Waals surface area (Å²) in [6.45, 7) is 15.0. The van der Waals surface area contributed by atoms with Crippen LogP contribution in [0.15, 0.2) is 66.2 Å². The summed E-state index contributed by atoms with van der Waals surface area (Å²) in [5.74, 6) is -0.415. The molecular formula is C34H37N3O4. The van der Waals surface area contributed by atoms with Crippen LogP contribution in [0.4, 0.5) is 5.95 Å². The Labute approximate surface area is 240 Å². The fraction of sp³-hybridized carbons (Fsp3) is 0.324. The molecule has 0 spiro atoms. The second kappa shape index (κ2) is 10.5. The summed E-state index contributed by atoms with van der Waals surface area (Å²) in [5, 5.41) is 11.6. The first-order chi connectivity index (χ1) is 19.3. The van der Waals surface area contributed by atoms with E-state index in [2.05, 4.69) is 44.6 Å². The number of Topliss-reactive ketones (excluding diaryl/α,β-unsaturated/α-hetero) is 1. The lowest BCUT2D eigenvalue weighted by atomic mass is 9.85. The molecule has 41 heavy (non-hydrogen) atoms. The quantitative estimate of drug-likeness (QED) is 0.151. The van der Waals surface area contributed by atoms with Crippen molar-refractivity contribution in [3.05, 3.63) is 94.1 Å². The number of anilines is 1. The van der Waals surface area contributed by atoms with Gasteiger partial charge in [-0.3, -0.25) is 14.5 Å². The molecule has 0 bridgehead atoms. The second-order valence-electron chi connectivity index (χ2n) is 12.3. The van der Waals surface area contributed by atoms with Crippen LogP contribution in [0.5, 0.6) is 5.75 Å². The van der Waals surface area contributed by atoms with Gasteiger partial charge in [-0.25, -0.2) is 4.98 Å². The van der Waals surface area contributed by atoms with Crippen LogP contribution >= 0.6 is 0 Å². The molecule has 1 atom stereocenters. The number of ketones is 1. The molecule has 1 amide bonds. The summed E-state index contributed by atoms with van der Waals surface area (Å²) in [4.78, 5) is 36.5. The van der Waals surface area contributed by atoms with E-state index in [1.807, 2.05) is 56.3 Å². The number of H-pyrrole nitrogens is 1. The maximum Gasteiger partial charge on any atom is 0.302 e. The molecule has 1 saturated heterocycles. The summed E-state index contributed by atoms with van der Waals surface area (Å²) in [6.07, 6.45) is 0. The molecule has 1 fully saturated rings. The maximum absolute atomic E-state index is 13.6. The van der Waals surface area contributed by atoms with Gasteiger partial charge >= 0.3 is 5.91 Å². The van der Waals surface area contributed by atoms with Crippen molar-refractivity contribution in [2.24, 2.45) is 5.92 Å². The Morgan fingerprint density at radius 1 is 1.02 bits per heavy atom. The third kappa shape index (κ3) is 5.36. The molecule has 7 heteroatoms. The molecule has 3 aromatic carbocycles. The number of aliphatic hydroxyl groups is 1. The zero-order chi connectivity index (χ0) is 29.6. The number of aromatic amines is 1. The highest BCUT2D eigenvalue weighted by Gasteiger charge is 2.48. The highest BCUT2D eigenvalue weighted by atomic mass is 16.5. The number of rotatable bonds is 6. The van der Waals surface area contributed by atoms with E-state index in [0.29, 0.717) is 34.9 Å². The number of carbonyl (C=O) groups is 2. The molecule has 0 saturated carbocycles. The van der Waals surface area contributed by atoms with E-state index in [9.17, 15) is 14.7 Å². The number of imidazole rings is 1. The van der Waals surface area contributed by atoms with Crippen LogP contribution in [-0.2, 0) is 15.0 Å². The topological polar surface area (TPSA) is 95.5 Å². The summed E-state index contributed by atoms with van der Waals surface area (Å²) < 4.78 is 5.90. The summed E-state index contributed by atoms with van der Waals surface area (Å²) in [7, 11) is 0. The molecule has 7 nitrogen and oxygen atoms in total. The highest BCUT2D eigenvalue weighted by molar-refractivity contribution is 6.51. The maximum atomic E-state index is 13.6. The first-order valence-electron chi connectivity index (χ1n) is 14.0. The van der Waals surface area contributed by atoms with Gasteiger partial charge in [0, 0.05) is 5.56 Å². The smallest absolute Gasteiger partial charge is 0.302 e. The van der Waals surface area contributed by atoms with Gasteiger partial charge < -0.3 is 14.8 Å². The van der Waals surface area contributed by atoms with E-state index in [0.717, 1.165) is 22.2 Å². The van der Waals surface area contributed by atoms with Crippen molar-refractivity contribution in [1.29, 1.82) is 0 Å². The zero-order valence-corrected chi connectivity index (χ0v) is 24.7. The van der Waals surface area contributed by atoms with Gasteiger partial charge in [0.2, 0.25) is 5.95 Å². The van der Waals surface area contributed by atoms with Gasteiger partial charge in [0.15, 0.2) is 0 Å². The van der Waals surface area contributed by atoms with E-state index >= 15 is 0 Å². The van der Waals surface area contributed by atoms with E-state index in [-0.39, 0.29) is 22.7 Å². The van der Waals surface area contributed by atoms with Crippen molar-refractivity contribution in [2.75, 3.05) is 11.5 Å². The molecule has 5 rings (SSSR count). The van der Waals surface area contributed by atoms with Crippen LogP contribution in [0.25, 0.3) is 16.8 Å². The lowest BCUT2D eigenvalue weighted by molar-refractivity contribution is -0.132. The molecule has 0 radical (unpaired) electrons. The molecule has 212 valence electrons. The van der Waals surface area contributed by atoms with Gasteiger partial charge in [-0.15, -0.1) is 0 Å². The first-order valence-corrected chi connectivity index (χ1v) is 14.0. The minimum atomic E-state index is -0.872. The van der Waals surface area contributed by atoms with E-state index in [4.69, 9.17) is 4.74 Å². The predicted molar refractivity (Wildman–Crippen MR) is 162 cm³/mol. The van der Waals surface area contributed by atoms with Crippen molar-refractivity contribution in [1.82, 2.24) is 9.97 Å². The Hall–Kier alpha value is -4.39. The van der Waals surface area contributed by atoms with Gasteiger partial charge in [-0.2, -0.15) is 0 Å². The first kappa shape index (κ1) is 28.1. The second-order valence-corrected chi connectivity index (χ2v) is 12.3. The third-order valence-corrected chi connectivity index (χ3v) is 7.41. The van der Waals surface area contributed by atoms with Gasteiger partial charge in [0.05, 0.1) is 29.3 Å². The zero-order valence-electron chi connectivity index (χ0n) is 24.7. The molecule has 0 aliphatic carbocycles. The Morgan fingerprint density at radius 2 is 1.73 bits per heavy atom. The van der Waals surface area contributed by atoms with E-state index in [1.165, 1.54) is 4.90 Å². The number of amides is 1. The Bertz CT molecular complexity index is 1670. The van der Waals surface area contributed by atoms with E-state index < -0.39 is 17.7 Å². The number of fused-ring (bicyclic) bond motifs is 1. The van der Waals surface area contributed by atoms with Gasteiger partial charge in [-0.1, -0.05) is 65.0 Å². The number of hydrogen-bond donors (Lipinski definition) is 2. The van der Waals surface area contributed by atoms with Gasteiger partial charge in [-0.05, 0) is 77.8 Å². The van der Waals surface area contributed by atoms with Crippen molar-refractivity contribution < 1.29 is 19.4 Å². The summed E-state index contributed by atoms with van der Waals surface area (Å²) >= 11 is 0. The number of ether oxygens (including phenoxy) is 1. The Balaban J connectivity index is 1.66. The third-order valence-electron chi connectivity index (χ3n) is 7.41. The highest BCUT2D eigenvalue weighted by Crippen LogP contribution is 2.42. The van der Waals surface area contributed by atoms with Gasteiger partial charge in [0.1, 0.15) is 11.5 Å². The fourth-order valence-electron chi connectivity index (χ4n) is 5.13. The predicted octanol–water partition coefficient (Wildman–Crippen LogP) is 7.14. The molecule has 2 N–H and O–H groups in total. The molecule has 2 heterocycles. The molecule has 1 unspecified atom stereocenters. The number of hydrogen-bond acceptors (Lipinski definition) is 5. The molecule has 1 aliphatic rings. The lowest BCUT2D eigenvalue weighted by Gasteiger charge is -2.25. The average molecular weight is 552 g/mol. The van der Waals surface area contributed by atoms with E-state index in [1.54, 1.807) is 18.2 Å². The molecule has 4 aromatic rings. The minimum Gasteiger partial charge on any atom is -0.507 e. The average Bonchev–Trinajstić information content (AvgIpc) is 3.44. The van der Waals surface area contributed by atoms with Crippen molar-refractivity contribution in [3.63, 3.8) is 0 Å². The number of aryl methyl sites for hydroxylation is 2. The SMILES string of the molecule is Cc1ccc2nc(N3C(=O)C(=O)/C(=C(/O)c4ccc(OCC(C)C)c(C)c4)C3c3ccc(C(C)(C)C)cc3)[nH]c2c1. The van der Waals surface area contributed by atoms with Crippen molar-refractivity contribution in [2.45, 2.75) is 59.9 Å². The number of nitrogens with zero attached hydrogens (tertiary/aromatic N) is 2. The van der Waals surface area contributed by atoms with Crippen LogP contribution in [0.1, 0.15) is 68.5 Å². The van der Waals surface area contributed by atoms with Crippen LogP contribution in [0, 0.1) is 19.8 Å². The Morgan fingerprint density at radius 3 is 2.37 bits per heavy atom. The number of nitrogens with one attached hydrogen (secondary N) is 1. The van der Waals surface area contributed by atoms with Crippen LogP contribution in [-0.4, -0.2) is 33.4 Å².